The molecule has 1 aliphatic rings. The monoisotopic (exact) mass is 551 g/mol. The van der Waals surface area contributed by atoms with E-state index in [1.54, 1.807) is 30.4 Å². The van der Waals surface area contributed by atoms with Gasteiger partial charge in [-0.3, -0.25) is 19.7 Å². The zero-order valence-electron chi connectivity index (χ0n) is 22.9. The maximum absolute atomic E-state index is 14.0. The van der Waals surface area contributed by atoms with Crippen molar-refractivity contribution >= 4 is 44.9 Å². The number of H-pyrrole nitrogens is 1. The highest BCUT2D eigenvalue weighted by atomic mass is 19.1. The summed E-state index contributed by atoms with van der Waals surface area (Å²) in [4.78, 5) is 35.6. The van der Waals surface area contributed by atoms with Gasteiger partial charge in [-0.15, -0.1) is 0 Å². The van der Waals surface area contributed by atoms with E-state index < -0.39 is 5.82 Å². The van der Waals surface area contributed by atoms with Crippen LogP contribution in [0.5, 0.6) is 5.88 Å². The lowest BCUT2D eigenvalue weighted by Crippen LogP contribution is -2.48. The molecule has 0 radical (unpaired) electrons. The van der Waals surface area contributed by atoms with Gasteiger partial charge in [-0.05, 0) is 61.6 Å². The molecule has 6 rings (SSSR count). The Morgan fingerprint density at radius 1 is 1.00 bits per heavy atom. The molecule has 2 aromatic heterocycles. The first kappa shape index (κ1) is 26.5. The first-order valence-electron chi connectivity index (χ1n) is 13.4. The summed E-state index contributed by atoms with van der Waals surface area (Å²) >= 11 is 0. The van der Waals surface area contributed by atoms with Crippen LogP contribution in [0.15, 0.2) is 78.0 Å². The van der Waals surface area contributed by atoms with E-state index in [0.717, 1.165) is 37.4 Å². The minimum absolute atomic E-state index is 0.0275. The SMILES string of the molecule is CN1CCN(CC(=O)N(C)c2ccc(N=C(c3ccc4nccnc4c3)c3c(O)[nH]c4cc(F)ccc34)cc2)CC1. The van der Waals surface area contributed by atoms with E-state index in [9.17, 15) is 14.3 Å². The van der Waals surface area contributed by atoms with Crippen LogP contribution in [0.1, 0.15) is 11.1 Å². The number of nitrogens with one attached hydrogen (secondary N) is 1. The van der Waals surface area contributed by atoms with Gasteiger partial charge in [-0.25, -0.2) is 9.38 Å². The van der Waals surface area contributed by atoms with E-state index in [2.05, 4.69) is 31.8 Å². The van der Waals surface area contributed by atoms with Crippen LogP contribution in [0.3, 0.4) is 0 Å². The molecule has 1 amide bonds. The number of rotatable bonds is 6. The lowest BCUT2D eigenvalue weighted by molar-refractivity contribution is -0.119. The number of aromatic amines is 1. The Morgan fingerprint density at radius 2 is 1.73 bits per heavy atom. The fourth-order valence-corrected chi connectivity index (χ4v) is 5.10. The minimum Gasteiger partial charge on any atom is -0.494 e. The Labute approximate surface area is 236 Å². The number of benzene rings is 3. The lowest BCUT2D eigenvalue weighted by atomic mass is 10.00. The molecule has 208 valence electrons. The summed E-state index contributed by atoms with van der Waals surface area (Å²) in [6.45, 7) is 4.04. The Balaban J connectivity index is 1.34. The second-order valence-corrected chi connectivity index (χ2v) is 10.3. The van der Waals surface area contributed by atoms with Gasteiger partial charge in [0, 0.05) is 62.3 Å². The van der Waals surface area contributed by atoms with Gasteiger partial charge in [-0.2, -0.15) is 0 Å². The summed E-state index contributed by atoms with van der Waals surface area (Å²) in [5.74, 6) is -0.499. The van der Waals surface area contributed by atoms with Crippen molar-refractivity contribution in [2.45, 2.75) is 0 Å². The number of nitrogens with zero attached hydrogens (tertiary/aromatic N) is 6. The Kier molecular flexibility index (Phi) is 7.17. The van der Waals surface area contributed by atoms with Crippen molar-refractivity contribution in [2.24, 2.45) is 4.99 Å². The Morgan fingerprint density at radius 3 is 2.49 bits per heavy atom. The average molecular weight is 552 g/mol. The molecule has 41 heavy (non-hydrogen) atoms. The number of aromatic hydroxyl groups is 1. The van der Waals surface area contributed by atoms with Crippen molar-refractivity contribution in [3.05, 3.63) is 90.0 Å². The average Bonchev–Trinajstić information content (AvgIpc) is 3.31. The predicted octanol–water partition coefficient (Wildman–Crippen LogP) is 4.34. The number of piperazine rings is 1. The quantitative estimate of drug-likeness (QED) is 0.305. The molecule has 5 aromatic rings. The molecule has 0 aliphatic carbocycles. The molecule has 3 aromatic carbocycles. The number of likely N-dealkylation sites (N-methyl/N-ethyl adjacent to an activating group) is 2. The summed E-state index contributed by atoms with van der Waals surface area (Å²) in [6, 6.07) is 17.3. The van der Waals surface area contributed by atoms with Crippen molar-refractivity contribution in [3.8, 4) is 5.88 Å². The highest BCUT2D eigenvalue weighted by molar-refractivity contribution is 6.22. The van der Waals surface area contributed by atoms with Gasteiger partial charge in [-0.1, -0.05) is 6.07 Å². The van der Waals surface area contributed by atoms with E-state index in [1.807, 2.05) is 42.5 Å². The second-order valence-electron chi connectivity index (χ2n) is 10.3. The molecule has 0 atom stereocenters. The van der Waals surface area contributed by atoms with Gasteiger partial charge in [0.1, 0.15) is 5.82 Å². The van der Waals surface area contributed by atoms with E-state index in [-0.39, 0.29) is 11.8 Å². The van der Waals surface area contributed by atoms with Crippen molar-refractivity contribution in [1.29, 1.82) is 0 Å². The number of amides is 1. The highest BCUT2D eigenvalue weighted by Gasteiger charge is 2.21. The molecule has 1 saturated heterocycles. The maximum atomic E-state index is 14.0. The summed E-state index contributed by atoms with van der Waals surface area (Å²) in [6.07, 6.45) is 3.25. The molecule has 0 saturated carbocycles. The number of fused-ring (bicyclic) bond motifs is 2. The third kappa shape index (κ3) is 5.52. The number of hydrogen-bond acceptors (Lipinski definition) is 7. The topological polar surface area (TPSA) is 101 Å². The Bertz CT molecular complexity index is 1760. The van der Waals surface area contributed by atoms with Crippen LogP contribution in [0.2, 0.25) is 0 Å². The molecule has 1 fully saturated rings. The van der Waals surface area contributed by atoms with E-state index in [1.165, 1.54) is 12.1 Å². The van der Waals surface area contributed by atoms with Crippen LogP contribution in [0.25, 0.3) is 21.9 Å². The molecule has 0 spiro atoms. The molecular formula is C31H30FN7O2. The third-order valence-electron chi connectivity index (χ3n) is 7.53. The number of carbonyl (C=O) groups is 1. The number of halogens is 1. The summed E-state index contributed by atoms with van der Waals surface area (Å²) in [5, 5.41) is 11.6. The van der Waals surface area contributed by atoms with Gasteiger partial charge in [0.05, 0.1) is 40.1 Å². The van der Waals surface area contributed by atoms with Crippen LogP contribution in [-0.4, -0.2) is 88.3 Å². The smallest absolute Gasteiger partial charge is 0.240 e. The first-order chi connectivity index (χ1) is 19.9. The van der Waals surface area contributed by atoms with Gasteiger partial charge < -0.3 is 19.9 Å². The zero-order chi connectivity index (χ0) is 28.5. The second kappa shape index (κ2) is 11.1. The standard InChI is InChI=1S/C31H30FN7O2/c1-37-13-15-39(16-14-37)19-28(40)38(2)23-7-5-22(6-8-23)35-30(20-3-10-25-27(17-20)34-12-11-33-25)29-24-9-4-21(32)18-26(24)36-31(29)41/h3-12,17-18,36,41H,13-16,19H2,1-2H3. The molecular weight excluding hydrogens is 521 g/mol. The first-order valence-corrected chi connectivity index (χ1v) is 13.4. The zero-order valence-corrected chi connectivity index (χ0v) is 22.9. The number of aliphatic imine (C=N–C) groups is 1. The molecule has 0 unspecified atom stereocenters. The highest BCUT2D eigenvalue weighted by Crippen LogP contribution is 2.33. The fraction of sp³-hybridized carbons (Fsp3) is 0.226. The van der Waals surface area contributed by atoms with Crippen LogP contribution in [-0.2, 0) is 4.79 Å². The van der Waals surface area contributed by atoms with Crippen LogP contribution in [0.4, 0.5) is 15.8 Å². The predicted molar refractivity (Wildman–Crippen MR) is 159 cm³/mol. The molecule has 3 heterocycles. The minimum atomic E-state index is -0.411. The van der Waals surface area contributed by atoms with E-state index >= 15 is 0 Å². The number of carbonyl (C=O) groups excluding carboxylic acids is 1. The number of aromatic nitrogens is 3. The van der Waals surface area contributed by atoms with Gasteiger partial charge in [0.2, 0.25) is 5.91 Å². The van der Waals surface area contributed by atoms with Gasteiger partial charge >= 0.3 is 0 Å². The Hall–Kier alpha value is -4.67. The van der Waals surface area contributed by atoms with Crippen LogP contribution < -0.4 is 4.90 Å². The van der Waals surface area contributed by atoms with E-state index in [0.29, 0.717) is 45.5 Å². The third-order valence-corrected chi connectivity index (χ3v) is 7.53. The van der Waals surface area contributed by atoms with E-state index in [4.69, 9.17) is 4.99 Å². The van der Waals surface area contributed by atoms with Crippen molar-refractivity contribution < 1.29 is 14.3 Å². The van der Waals surface area contributed by atoms with Crippen LogP contribution in [0, 0.1) is 5.82 Å². The number of hydrogen-bond donors (Lipinski definition) is 2. The van der Waals surface area contributed by atoms with Gasteiger partial charge in [0.25, 0.3) is 0 Å². The molecule has 2 N–H and O–H groups in total. The van der Waals surface area contributed by atoms with Crippen LogP contribution >= 0.6 is 0 Å². The number of anilines is 1. The molecule has 1 aliphatic heterocycles. The fourth-order valence-electron chi connectivity index (χ4n) is 5.10. The summed E-state index contributed by atoms with van der Waals surface area (Å²) in [7, 11) is 3.87. The lowest BCUT2D eigenvalue weighted by Gasteiger charge is -2.32. The molecule has 0 bridgehead atoms. The van der Waals surface area contributed by atoms with Crippen molar-refractivity contribution in [3.63, 3.8) is 0 Å². The normalized spacial score (nSPS) is 15.0. The summed E-state index contributed by atoms with van der Waals surface area (Å²) in [5.41, 5.74) is 4.90. The maximum Gasteiger partial charge on any atom is 0.240 e. The molecule has 9 nitrogen and oxygen atoms in total. The van der Waals surface area contributed by atoms with Crippen molar-refractivity contribution in [1.82, 2.24) is 24.8 Å². The molecule has 10 heteroatoms. The largest absolute Gasteiger partial charge is 0.494 e. The summed E-state index contributed by atoms with van der Waals surface area (Å²) < 4.78 is 14.0. The van der Waals surface area contributed by atoms with Crippen molar-refractivity contribution in [2.75, 3.05) is 51.7 Å². The van der Waals surface area contributed by atoms with Gasteiger partial charge in [0.15, 0.2) is 5.88 Å².